The van der Waals surface area contributed by atoms with E-state index in [9.17, 15) is 14.3 Å². The van der Waals surface area contributed by atoms with Crippen LogP contribution in [0.1, 0.15) is 32.6 Å². The Kier molecular flexibility index (Phi) is 7.77. The normalized spacial score (nSPS) is 21.0. The molecule has 34 heavy (non-hydrogen) atoms. The number of methoxy groups -OCH3 is 1. The van der Waals surface area contributed by atoms with Crippen LogP contribution in [0.4, 0.5) is 15.8 Å². The van der Waals surface area contributed by atoms with Crippen LogP contribution in [0.15, 0.2) is 42.5 Å². The Morgan fingerprint density at radius 1 is 1.09 bits per heavy atom. The molecule has 0 saturated carbocycles. The number of hydrogen-bond acceptors (Lipinski definition) is 6. The Bertz CT molecular complexity index is 962. The SMILES string of the molecule is CCOc1ccc(F)c(N2CCC(Oc3ccc(N4C[C@H](OC)C[C@@H]4CC(=O)O)cc3)CC2)c1. The Balaban J connectivity index is 1.33. The number of carboxylic acids is 1. The number of carboxylic acid groups (broad SMARTS) is 1. The number of ether oxygens (including phenoxy) is 3. The zero-order valence-corrected chi connectivity index (χ0v) is 19.8. The molecular formula is C26H33FN2O5. The van der Waals surface area contributed by atoms with Crippen molar-refractivity contribution in [3.63, 3.8) is 0 Å². The molecule has 7 nitrogen and oxygen atoms in total. The monoisotopic (exact) mass is 472 g/mol. The van der Waals surface area contributed by atoms with Crippen LogP contribution in [0.3, 0.4) is 0 Å². The second kappa shape index (κ2) is 11.0. The van der Waals surface area contributed by atoms with Gasteiger partial charge in [0.25, 0.3) is 0 Å². The molecular weight excluding hydrogens is 439 g/mol. The third-order valence-corrected chi connectivity index (χ3v) is 6.60. The Morgan fingerprint density at radius 3 is 2.44 bits per heavy atom. The number of rotatable bonds is 9. The molecule has 8 heteroatoms. The Hall–Kier alpha value is -3.00. The van der Waals surface area contributed by atoms with E-state index in [2.05, 4.69) is 4.90 Å². The van der Waals surface area contributed by atoms with Crippen molar-refractivity contribution in [2.75, 3.05) is 43.2 Å². The van der Waals surface area contributed by atoms with Crippen molar-refractivity contribution in [2.45, 2.75) is 50.9 Å². The molecule has 2 saturated heterocycles. The minimum atomic E-state index is -0.803. The highest BCUT2D eigenvalue weighted by atomic mass is 19.1. The lowest BCUT2D eigenvalue weighted by Crippen LogP contribution is -2.38. The number of nitrogens with zero attached hydrogens (tertiary/aromatic N) is 2. The summed E-state index contributed by atoms with van der Waals surface area (Å²) in [7, 11) is 1.66. The van der Waals surface area contributed by atoms with E-state index >= 15 is 0 Å². The first-order chi connectivity index (χ1) is 16.5. The summed E-state index contributed by atoms with van der Waals surface area (Å²) in [6.45, 7) is 4.55. The van der Waals surface area contributed by atoms with Gasteiger partial charge in [0.1, 0.15) is 23.4 Å². The van der Waals surface area contributed by atoms with Crippen LogP contribution in [-0.4, -0.2) is 62.7 Å². The second-order valence-electron chi connectivity index (χ2n) is 8.84. The van der Waals surface area contributed by atoms with Crippen molar-refractivity contribution in [1.29, 1.82) is 0 Å². The molecule has 2 atom stereocenters. The van der Waals surface area contributed by atoms with Crippen LogP contribution < -0.4 is 19.3 Å². The molecule has 0 aromatic heterocycles. The van der Waals surface area contributed by atoms with Gasteiger partial charge in [0.2, 0.25) is 0 Å². The maximum Gasteiger partial charge on any atom is 0.305 e. The van der Waals surface area contributed by atoms with E-state index in [4.69, 9.17) is 14.2 Å². The smallest absolute Gasteiger partial charge is 0.305 e. The molecule has 4 rings (SSSR count). The minimum absolute atomic E-state index is 0.0320. The van der Waals surface area contributed by atoms with Crippen molar-refractivity contribution in [1.82, 2.24) is 0 Å². The van der Waals surface area contributed by atoms with E-state index < -0.39 is 5.97 Å². The van der Waals surface area contributed by atoms with Crippen molar-refractivity contribution in [2.24, 2.45) is 0 Å². The zero-order valence-electron chi connectivity index (χ0n) is 19.8. The first-order valence-corrected chi connectivity index (χ1v) is 11.9. The molecule has 2 fully saturated rings. The summed E-state index contributed by atoms with van der Waals surface area (Å²) in [4.78, 5) is 15.4. The molecule has 2 aromatic rings. The standard InChI is InChI=1S/C26H33FN2O5/c1-3-33-22-8-9-24(27)25(16-22)28-12-10-21(11-13-28)34-20-6-4-18(5-7-20)29-17-23(32-2)14-19(29)15-26(30)31/h4-9,16,19,21,23H,3,10-15,17H2,1-2H3,(H,30,31)/t19-,23-/m1/s1. The van der Waals surface area contributed by atoms with Gasteiger partial charge in [-0.05, 0) is 49.7 Å². The maximum absolute atomic E-state index is 14.4. The second-order valence-corrected chi connectivity index (χ2v) is 8.84. The molecule has 0 amide bonds. The van der Waals surface area contributed by atoms with E-state index in [0.717, 1.165) is 24.3 Å². The van der Waals surface area contributed by atoms with Crippen LogP contribution in [0.25, 0.3) is 0 Å². The molecule has 184 valence electrons. The number of halogens is 1. The summed E-state index contributed by atoms with van der Waals surface area (Å²) >= 11 is 0. The molecule has 0 spiro atoms. The summed E-state index contributed by atoms with van der Waals surface area (Å²) in [5.41, 5.74) is 1.54. The van der Waals surface area contributed by atoms with Gasteiger partial charge in [-0.2, -0.15) is 0 Å². The molecule has 2 heterocycles. The summed E-state index contributed by atoms with van der Waals surface area (Å²) in [5.74, 6) is 0.418. The van der Waals surface area contributed by atoms with E-state index in [-0.39, 0.29) is 30.5 Å². The van der Waals surface area contributed by atoms with Gasteiger partial charge >= 0.3 is 5.97 Å². The number of hydrogen-bond donors (Lipinski definition) is 1. The number of piperidine rings is 1. The first kappa shape index (κ1) is 24.1. The van der Waals surface area contributed by atoms with Crippen LogP contribution in [-0.2, 0) is 9.53 Å². The number of aliphatic carboxylic acids is 1. The summed E-state index contributed by atoms with van der Waals surface area (Å²) < 4.78 is 31.6. The lowest BCUT2D eigenvalue weighted by molar-refractivity contribution is -0.137. The Morgan fingerprint density at radius 2 is 1.79 bits per heavy atom. The molecule has 0 radical (unpaired) electrons. The lowest BCUT2D eigenvalue weighted by atomic mass is 10.1. The van der Waals surface area contributed by atoms with Crippen molar-refractivity contribution in [3.05, 3.63) is 48.3 Å². The van der Waals surface area contributed by atoms with Crippen LogP contribution in [0, 0.1) is 5.82 Å². The van der Waals surface area contributed by atoms with Crippen molar-refractivity contribution in [3.8, 4) is 11.5 Å². The van der Waals surface area contributed by atoms with Crippen LogP contribution in [0.2, 0.25) is 0 Å². The van der Waals surface area contributed by atoms with Gasteiger partial charge in [-0.25, -0.2) is 4.39 Å². The largest absolute Gasteiger partial charge is 0.494 e. The predicted molar refractivity (Wildman–Crippen MR) is 129 cm³/mol. The zero-order chi connectivity index (χ0) is 24.1. The van der Waals surface area contributed by atoms with Gasteiger partial charge in [-0.15, -0.1) is 0 Å². The fourth-order valence-electron chi connectivity index (χ4n) is 4.87. The molecule has 2 aliphatic rings. The highest BCUT2D eigenvalue weighted by molar-refractivity contribution is 5.69. The van der Waals surface area contributed by atoms with E-state index in [1.807, 2.05) is 36.1 Å². The molecule has 0 bridgehead atoms. The van der Waals surface area contributed by atoms with Gasteiger partial charge in [0.15, 0.2) is 0 Å². The van der Waals surface area contributed by atoms with Crippen LogP contribution >= 0.6 is 0 Å². The van der Waals surface area contributed by atoms with Gasteiger partial charge in [-0.3, -0.25) is 4.79 Å². The van der Waals surface area contributed by atoms with E-state index in [1.54, 1.807) is 19.2 Å². The average molecular weight is 473 g/mol. The quantitative estimate of drug-likeness (QED) is 0.582. The lowest BCUT2D eigenvalue weighted by Gasteiger charge is -2.34. The van der Waals surface area contributed by atoms with E-state index in [1.165, 1.54) is 6.07 Å². The van der Waals surface area contributed by atoms with Crippen molar-refractivity contribution >= 4 is 17.3 Å². The maximum atomic E-state index is 14.4. The number of carbonyl (C=O) groups is 1. The highest BCUT2D eigenvalue weighted by Crippen LogP contribution is 2.32. The van der Waals surface area contributed by atoms with Gasteiger partial charge in [0.05, 0.1) is 24.8 Å². The van der Waals surface area contributed by atoms with Gasteiger partial charge < -0.3 is 29.1 Å². The predicted octanol–water partition coefficient (Wildman–Crippen LogP) is 4.34. The molecule has 0 unspecified atom stereocenters. The molecule has 2 aromatic carbocycles. The highest BCUT2D eigenvalue weighted by Gasteiger charge is 2.33. The minimum Gasteiger partial charge on any atom is -0.494 e. The Labute approximate surface area is 200 Å². The number of anilines is 2. The summed E-state index contributed by atoms with van der Waals surface area (Å²) in [5, 5.41) is 9.25. The molecule has 0 aliphatic carbocycles. The summed E-state index contributed by atoms with van der Waals surface area (Å²) in [6, 6.07) is 12.6. The third kappa shape index (κ3) is 5.73. The number of benzene rings is 2. The summed E-state index contributed by atoms with van der Waals surface area (Å²) in [6.07, 6.45) is 2.47. The fraction of sp³-hybridized carbons (Fsp3) is 0.500. The van der Waals surface area contributed by atoms with Crippen molar-refractivity contribution < 1.29 is 28.5 Å². The van der Waals surface area contributed by atoms with Gasteiger partial charge in [0, 0.05) is 57.4 Å². The fourth-order valence-corrected chi connectivity index (χ4v) is 4.87. The van der Waals surface area contributed by atoms with Gasteiger partial charge in [-0.1, -0.05) is 0 Å². The average Bonchev–Trinajstić information content (AvgIpc) is 3.24. The van der Waals surface area contributed by atoms with E-state index in [0.29, 0.717) is 44.1 Å². The topological polar surface area (TPSA) is 71.5 Å². The molecule has 1 N–H and O–H groups in total. The van der Waals surface area contributed by atoms with Crippen LogP contribution in [0.5, 0.6) is 11.5 Å². The first-order valence-electron chi connectivity index (χ1n) is 11.9. The third-order valence-electron chi connectivity index (χ3n) is 6.60. The molecule has 2 aliphatic heterocycles.